The lowest BCUT2D eigenvalue weighted by atomic mass is 10.1. The van der Waals surface area contributed by atoms with Crippen LogP contribution >= 0.6 is 22.6 Å². The smallest absolute Gasteiger partial charge is 0.341 e. The summed E-state index contributed by atoms with van der Waals surface area (Å²) in [6, 6.07) is 0. The summed E-state index contributed by atoms with van der Waals surface area (Å²) in [7, 11) is 0. The van der Waals surface area contributed by atoms with E-state index in [-0.39, 0.29) is 12.2 Å². The van der Waals surface area contributed by atoms with E-state index in [0.29, 0.717) is 11.4 Å². The first-order valence-electron chi connectivity index (χ1n) is 5.15. The van der Waals surface area contributed by atoms with Crippen molar-refractivity contribution in [3.63, 3.8) is 0 Å². The molecule has 0 saturated carbocycles. The number of aromatic nitrogens is 2. The second kappa shape index (κ2) is 5.06. The van der Waals surface area contributed by atoms with Gasteiger partial charge in [-0.05, 0) is 29.5 Å². The summed E-state index contributed by atoms with van der Waals surface area (Å²) in [5.41, 5.74) is 6.83. The van der Waals surface area contributed by atoms with Crippen molar-refractivity contribution in [3.05, 3.63) is 29.9 Å². The van der Waals surface area contributed by atoms with Crippen molar-refractivity contribution >= 4 is 34.3 Å². The Labute approximate surface area is 117 Å². The third-order valence-corrected chi connectivity index (χ3v) is 2.92. The Bertz CT molecular complexity index is 526. The van der Waals surface area contributed by atoms with E-state index in [4.69, 9.17) is 10.5 Å². The predicted molar refractivity (Wildman–Crippen MR) is 71.4 cm³/mol. The minimum atomic E-state index is -1.23. The van der Waals surface area contributed by atoms with Gasteiger partial charge in [0.1, 0.15) is 17.0 Å². The van der Waals surface area contributed by atoms with Crippen LogP contribution in [0.3, 0.4) is 0 Å². The van der Waals surface area contributed by atoms with Crippen LogP contribution in [0.25, 0.3) is 5.70 Å². The Morgan fingerprint density at radius 1 is 1.56 bits per heavy atom. The van der Waals surface area contributed by atoms with Gasteiger partial charge in [-0.1, -0.05) is 0 Å². The van der Waals surface area contributed by atoms with Crippen molar-refractivity contribution in [1.29, 1.82) is 0 Å². The number of alkyl halides is 1. The number of rotatable bonds is 3. The average Bonchev–Trinajstić information content (AvgIpc) is 2.66. The second-order valence-electron chi connectivity index (χ2n) is 3.41. The van der Waals surface area contributed by atoms with Gasteiger partial charge in [-0.3, -0.25) is 15.7 Å². The molecule has 1 aromatic rings. The van der Waals surface area contributed by atoms with E-state index < -0.39 is 9.64 Å². The molecule has 0 amide bonds. The first kappa shape index (κ1) is 13.0. The molecule has 1 aromatic heterocycles. The number of ether oxygens (including phenoxy) is 1. The zero-order chi connectivity index (χ0) is 13.2. The molecule has 1 aliphatic rings. The van der Waals surface area contributed by atoms with Gasteiger partial charge in [0.2, 0.25) is 3.67 Å². The maximum Gasteiger partial charge on any atom is 0.341 e. The van der Waals surface area contributed by atoms with Crippen molar-refractivity contribution in [1.82, 2.24) is 9.97 Å². The van der Waals surface area contributed by atoms with Crippen molar-refractivity contribution in [2.75, 3.05) is 6.61 Å². The van der Waals surface area contributed by atoms with E-state index >= 15 is 0 Å². The van der Waals surface area contributed by atoms with Gasteiger partial charge in [0.05, 0.1) is 12.8 Å². The fraction of sp³-hybridized carbons (Fsp3) is 0.300. The van der Waals surface area contributed by atoms with Gasteiger partial charge < -0.3 is 4.74 Å². The van der Waals surface area contributed by atoms with Crippen molar-refractivity contribution in [2.24, 2.45) is 16.0 Å². The molecule has 2 rings (SSSR count). The van der Waals surface area contributed by atoms with Gasteiger partial charge in [0.15, 0.2) is 0 Å². The predicted octanol–water partition coefficient (Wildman–Crippen LogP) is 1.26. The number of esters is 1. The van der Waals surface area contributed by atoms with E-state index in [1.807, 2.05) is 22.6 Å². The number of nitrogens with zero attached hydrogens (tertiary/aromatic N) is 4. The third-order valence-electron chi connectivity index (χ3n) is 2.17. The molecule has 0 radical (unpaired) electrons. The Hall–Kier alpha value is -1.42. The molecule has 18 heavy (non-hydrogen) atoms. The van der Waals surface area contributed by atoms with Crippen LogP contribution in [-0.4, -0.2) is 26.2 Å². The zero-order valence-electron chi connectivity index (χ0n) is 9.50. The Morgan fingerprint density at radius 3 is 2.94 bits per heavy atom. The van der Waals surface area contributed by atoms with Gasteiger partial charge in [0.25, 0.3) is 0 Å². The largest absolute Gasteiger partial charge is 0.462 e. The lowest BCUT2D eigenvalue weighted by Crippen LogP contribution is -2.35. The first-order valence-corrected chi connectivity index (χ1v) is 6.23. The Kier molecular flexibility index (Phi) is 3.66. The Balaban J connectivity index is 2.50. The molecule has 2 heterocycles. The summed E-state index contributed by atoms with van der Waals surface area (Å²) >= 11 is 1.84. The Morgan fingerprint density at radius 2 is 2.33 bits per heavy atom. The molecule has 1 aliphatic heterocycles. The van der Waals surface area contributed by atoms with Gasteiger partial charge >= 0.3 is 5.97 Å². The molecule has 8 heteroatoms. The lowest BCUT2D eigenvalue weighted by molar-refractivity contribution is -0.138. The van der Waals surface area contributed by atoms with Crippen molar-refractivity contribution in [2.45, 2.75) is 10.6 Å². The number of azo groups is 1. The van der Waals surface area contributed by atoms with E-state index in [1.54, 1.807) is 6.92 Å². The van der Waals surface area contributed by atoms with Gasteiger partial charge in [-0.2, -0.15) is 0 Å². The van der Waals surface area contributed by atoms with Crippen LogP contribution in [0.5, 0.6) is 0 Å². The van der Waals surface area contributed by atoms with Crippen LogP contribution in [0.15, 0.2) is 34.4 Å². The van der Waals surface area contributed by atoms with Crippen LogP contribution in [0, 0.1) is 0 Å². The van der Waals surface area contributed by atoms with Crippen LogP contribution in [0.2, 0.25) is 0 Å². The molecule has 0 aromatic carbocycles. The number of hydrogen-bond acceptors (Lipinski definition) is 7. The van der Waals surface area contributed by atoms with Gasteiger partial charge in [-0.15, -0.1) is 10.2 Å². The van der Waals surface area contributed by atoms with Gasteiger partial charge in [-0.25, -0.2) is 4.79 Å². The van der Waals surface area contributed by atoms with Crippen molar-refractivity contribution < 1.29 is 9.53 Å². The van der Waals surface area contributed by atoms with E-state index in [1.165, 1.54) is 18.6 Å². The SMILES string of the molecule is CCOC(=O)C1=C(c2cnccn2)N=NC1(N)I. The number of halogens is 1. The molecule has 0 saturated heterocycles. The highest BCUT2D eigenvalue weighted by Crippen LogP contribution is 2.38. The summed E-state index contributed by atoms with van der Waals surface area (Å²) < 4.78 is 3.74. The molecular formula is C10H10IN5O2. The third kappa shape index (κ3) is 2.38. The fourth-order valence-electron chi connectivity index (χ4n) is 1.43. The molecule has 94 valence electrons. The molecule has 0 aliphatic carbocycles. The highest BCUT2D eigenvalue weighted by Gasteiger charge is 2.41. The summed E-state index contributed by atoms with van der Waals surface area (Å²) in [4.78, 5) is 19.9. The summed E-state index contributed by atoms with van der Waals surface area (Å²) in [6.45, 7) is 1.97. The topological polar surface area (TPSA) is 103 Å². The minimum absolute atomic E-state index is 0.186. The van der Waals surface area contributed by atoms with E-state index in [9.17, 15) is 4.79 Å². The van der Waals surface area contributed by atoms with Gasteiger partial charge in [0, 0.05) is 12.4 Å². The molecular weight excluding hydrogens is 349 g/mol. The normalized spacial score (nSPS) is 22.4. The molecule has 0 spiro atoms. The van der Waals surface area contributed by atoms with E-state index in [0.717, 1.165) is 0 Å². The lowest BCUT2D eigenvalue weighted by Gasteiger charge is -2.14. The minimum Gasteiger partial charge on any atom is -0.462 e. The molecule has 7 nitrogen and oxygen atoms in total. The molecule has 0 fully saturated rings. The first-order chi connectivity index (χ1) is 8.56. The average molecular weight is 359 g/mol. The monoisotopic (exact) mass is 359 g/mol. The maximum atomic E-state index is 11.9. The highest BCUT2D eigenvalue weighted by atomic mass is 127. The van der Waals surface area contributed by atoms with Crippen LogP contribution in [0.4, 0.5) is 0 Å². The summed E-state index contributed by atoms with van der Waals surface area (Å²) in [5, 5.41) is 7.77. The second-order valence-corrected chi connectivity index (χ2v) is 5.05. The number of carbonyl (C=O) groups is 1. The summed E-state index contributed by atoms with van der Waals surface area (Å²) in [6.07, 6.45) is 4.52. The quantitative estimate of drug-likeness (QED) is 0.379. The molecule has 0 bridgehead atoms. The number of nitrogens with two attached hydrogens (primary N) is 1. The zero-order valence-corrected chi connectivity index (χ0v) is 11.7. The van der Waals surface area contributed by atoms with Crippen LogP contribution in [-0.2, 0) is 9.53 Å². The van der Waals surface area contributed by atoms with Crippen LogP contribution < -0.4 is 5.73 Å². The number of carbonyl (C=O) groups excluding carboxylic acids is 1. The van der Waals surface area contributed by atoms with Crippen molar-refractivity contribution in [3.8, 4) is 0 Å². The molecule has 2 N–H and O–H groups in total. The molecule has 1 unspecified atom stereocenters. The van der Waals surface area contributed by atoms with Crippen LogP contribution in [0.1, 0.15) is 12.6 Å². The standard InChI is InChI=1S/C10H10IN5O2/c1-2-18-9(17)7-8(15-16-10(7,11)12)6-5-13-3-4-14-6/h3-5H,2,12H2,1H3. The maximum absolute atomic E-state index is 11.9. The highest BCUT2D eigenvalue weighted by molar-refractivity contribution is 14.1. The summed E-state index contributed by atoms with van der Waals surface area (Å²) in [5.74, 6) is -0.542. The van der Waals surface area contributed by atoms with E-state index in [2.05, 4.69) is 20.2 Å². The number of hydrogen-bond donors (Lipinski definition) is 1. The fourth-order valence-corrected chi connectivity index (χ4v) is 2.02. The molecule has 1 atom stereocenters.